The molecule has 5 nitrogen and oxygen atoms in total. The monoisotopic (exact) mass is 412 g/mol. The molecular formula is C25H21FN4O. The molecule has 0 aliphatic heterocycles. The van der Waals surface area contributed by atoms with Gasteiger partial charge in [-0.2, -0.15) is 0 Å². The minimum atomic E-state index is -0.370. The Morgan fingerprint density at radius 2 is 1.74 bits per heavy atom. The van der Waals surface area contributed by atoms with Crippen molar-refractivity contribution in [2.45, 2.75) is 19.9 Å². The first kappa shape index (κ1) is 20.3. The lowest BCUT2D eigenvalue weighted by Crippen LogP contribution is -2.24. The molecule has 2 aromatic heterocycles. The second-order valence-corrected chi connectivity index (χ2v) is 7.14. The summed E-state index contributed by atoms with van der Waals surface area (Å²) in [5.74, 6) is 0.0862. The van der Waals surface area contributed by atoms with E-state index in [1.807, 2.05) is 49.4 Å². The summed E-state index contributed by atoms with van der Waals surface area (Å²) in [5, 5.41) is 2.84. The topological polar surface area (TPSA) is 67.8 Å². The predicted octanol–water partition coefficient (Wildman–Crippen LogP) is 4.51. The number of aryl methyl sites for hydroxylation is 1. The Bertz CT molecular complexity index is 1190. The van der Waals surface area contributed by atoms with Crippen molar-refractivity contribution in [3.8, 4) is 22.5 Å². The second kappa shape index (κ2) is 9.26. The number of amides is 1. The van der Waals surface area contributed by atoms with Gasteiger partial charge in [0, 0.05) is 30.1 Å². The number of aromatic nitrogens is 3. The van der Waals surface area contributed by atoms with Crippen molar-refractivity contribution in [2.75, 3.05) is 0 Å². The molecule has 4 aromatic rings. The maximum Gasteiger partial charge on any atom is 0.224 e. The van der Waals surface area contributed by atoms with Crippen LogP contribution in [0.2, 0.25) is 0 Å². The van der Waals surface area contributed by atoms with Crippen LogP contribution in [0, 0.1) is 12.7 Å². The summed E-state index contributed by atoms with van der Waals surface area (Å²) < 4.78 is 13.7. The Morgan fingerprint density at radius 3 is 2.48 bits per heavy atom. The minimum absolute atomic E-state index is 0.0123. The van der Waals surface area contributed by atoms with Gasteiger partial charge in [-0.05, 0) is 36.2 Å². The molecule has 1 amide bonds. The summed E-state index contributed by atoms with van der Waals surface area (Å²) in [6.45, 7) is 2.22. The van der Waals surface area contributed by atoms with E-state index in [2.05, 4.69) is 20.3 Å². The number of pyridine rings is 1. The zero-order valence-electron chi connectivity index (χ0n) is 17.0. The highest BCUT2D eigenvalue weighted by molar-refractivity contribution is 5.79. The average molecular weight is 412 g/mol. The van der Waals surface area contributed by atoms with Crippen molar-refractivity contribution in [1.29, 1.82) is 0 Å². The van der Waals surface area contributed by atoms with Crippen molar-refractivity contribution in [1.82, 2.24) is 20.3 Å². The summed E-state index contributed by atoms with van der Waals surface area (Å²) in [4.78, 5) is 25.5. The number of nitrogens with zero attached hydrogens (tertiary/aromatic N) is 3. The number of halogens is 1. The molecule has 0 saturated heterocycles. The normalized spacial score (nSPS) is 10.6. The Morgan fingerprint density at radius 1 is 0.968 bits per heavy atom. The zero-order valence-corrected chi connectivity index (χ0v) is 17.0. The quantitative estimate of drug-likeness (QED) is 0.506. The molecule has 0 unspecified atom stereocenters. The lowest BCUT2D eigenvalue weighted by Gasteiger charge is -2.10. The number of nitrogens with one attached hydrogen (secondary N) is 1. The van der Waals surface area contributed by atoms with Crippen molar-refractivity contribution in [2.24, 2.45) is 0 Å². The molecule has 0 radical (unpaired) electrons. The standard InChI is InChI=1S/C25H21FN4O/c1-17-28-16-21(23-8-4-5-13-27-23)25(30-17)19-11-9-18(10-12-19)15-29-24(31)14-20-6-2-3-7-22(20)26/h2-13,16H,14-15H2,1H3,(H,29,31). The molecule has 2 aromatic carbocycles. The van der Waals surface area contributed by atoms with Crippen LogP contribution >= 0.6 is 0 Å². The van der Waals surface area contributed by atoms with Crippen LogP contribution in [-0.2, 0) is 17.8 Å². The third-order valence-electron chi connectivity index (χ3n) is 4.88. The van der Waals surface area contributed by atoms with Gasteiger partial charge in [0.15, 0.2) is 0 Å². The maximum atomic E-state index is 13.7. The molecule has 154 valence electrons. The molecule has 0 saturated carbocycles. The number of hydrogen-bond acceptors (Lipinski definition) is 4. The molecule has 0 aliphatic rings. The van der Waals surface area contributed by atoms with Crippen molar-refractivity contribution >= 4 is 5.91 Å². The van der Waals surface area contributed by atoms with Crippen LogP contribution in [0.4, 0.5) is 4.39 Å². The molecule has 0 spiro atoms. The van der Waals surface area contributed by atoms with E-state index in [0.29, 0.717) is 17.9 Å². The molecule has 31 heavy (non-hydrogen) atoms. The highest BCUT2D eigenvalue weighted by Gasteiger charge is 2.12. The SMILES string of the molecule is Cc1ncc(-c2ccccn2)c(-c2ccc(CNC(=O)Cc3ccccc3F)cc2)n1. The first-order chi connectivity index (χ1) is 15.1. The highest BCUT2D eigenvalue weighted by Crippen LogP contribution is 2.28. The molecule has 0 fully saturated rings. The van der Waals surface area contributed by atoms with E-state index in [4.69, 9.17) is 0 Å². The fourth-order valence-electron chi connectivity index (χ4n) is 3.26. The van der Waals surface area contributed by atoms with E-state index in [-0.39, 0.29) is 18.1 Å². The van der Waals surface area contributed by atoms with Crippen LogP contribution in [0.15, 0.2) is 79.1 Å². The summed E-state index contributed by atoms with van der Waals surface area (Å²) >= 11 is 0. The fraction of sp³-hybridized carbons (Fsp3) is 0.120. The Kier molecular flexibility index (Phi) is 6.08. The minimum Gasteiger partial charge on any atom is -0.352 e. The van der Waals surface area contributed by atoms with E-state index in [9.17, 15) is 9.18 Å². The molecule has 2 heterocycles. The molecule has 0 atom stereocenters. The van der Waals surface area contributed by atoms with E-state index >= 15 is 0 Å². The smallest absolute Gasteiger partial charge is 0.224 e. The zero-order chi connectivity index (χ0) is 21.6. The summed E-state index contributed by atoms with van der Waals surface area (Å²) in [7, 11) is 0. The van der Waals surface area contributed by atoms with Crippen LogP contribution in [0.25, 0.3) is 22.5 Å². The van der Waals surface area contributed by atoms with Gasteiger partial charge in [0.05, 0.1) is 17.8 Å². The first-order valence-electron chi connectivity index (χ1n) is 9.94. The third kappa shape index (κ3) is 4.98. The highest BCUT2D eigenvalue weighted by atomic mass is 19.1. The van der Waals surface area contributed by atoms with Crippen LogP contribution in [0.1, 0.15) is 17.0 Å². The van der Waals surface area contributed by atoms with Crippen molar-refractivity contribution < 1.29 is 9.18 Å². The van der Waals surface area contributed by atoms with Gasteiger partial charge in [0.1, 0.15) is 11.6 Å². The van der Waals surface area contributed by atoms with Crippen LogP contribution in [0.5, 0.6) is 0 Å². The van der Waals surface area contributed by atoms with Gasteiger partial charge in [0.2, 0.25) is 5.91 Å². The number of rotatable bonds is 6. The van der Waals surface area contributed by atoms with Crippen molar-refractivity contribution in [3.63, 3.8) is 0 Å². The van der Waals surface area contributed by atoms with Gasteiger partial charge in [0.25, 0.3) is 0 Å². The summed E-state index contributed by atoms with van der Waals surface area (Å²) in [5.41, 5.74) is 4.74. The first-order valence-corrected chi connectivity index (χ1v) is 9.94. The van der Waals surface area contributed by atoms with Crippen LogP contribution in [0.3, 0.4) is 0 Å². The molecule has 0 aliphatic carbocycles. The average Bonchev–Trinajstić information content (AvgIpc) is 2.80. The molecule has 0 bridgehead atoms. The van der Waals surface area contributed by atoms with Gasteiger partial charge < -0.3 is 5.32 Å². The second-order valence-electron chi connectivity index (χ2n) is 7.14. The Hall–Kier alpha value is -3.93. The molecular weight excluding hydrogens is 391 g/mol. The lowest BCUT2D eigenvalue weighted by molar-refractivity contribution is -0.120. The molecule has 4 rings (SSSR count). The van der Waals surface area contributed by atoms with Gasteiger partial charge in [-0.15, -0.1) is 0 Å². The van der Waals surface area contributed by atoms with E-state index < -0.39 is 0 Å². The third-order valence-corrected chi connectivity index (χ3v) is 4.88. The van der Waals surface area contributed by atoms with Gasteiger partial charge in [-0.3, -0.25) is 9.78 Å². The lowest BCUT2D eigenvalue weighted by atomic mass is 10.0. The number of carbonyl (C=O) groups is 1. The van der Waals surface area contributed by atoms with Gasteiger partial charge >= 0.3 is 0 Å². The number of hydrogen-bond donors (Lipinski definition) is 1. The van der Waals surface area contributed by atoms with Crippen molar-refractivity contribution in [3.05, 3.63) is 102 Å². The van der Waals surface area contributed by atoms with Gasteiger partial charge in [-0.25, -0.2) is 14.4 Å². The summed E-state index contributed by atoms with van der Waals surface area (Å²) in [6, 6.07) is 19.8. The van der Waals surface area contributed by atoms with E-state index in [1.54, 1.807) is 30.6 Å². The van der Waals surface area contributed by atoms with Gasteiger partial charge in [-0.1, -0.05) is 48.5 Å². The van der Waals surface area contributed by atoms with E-state index in [0.717, 1.165) is 28.1 Å². The fourth-order valence-corrected chi connectivity index (χ4v) is 3.26. The van der Waals surface area contributed by atoms with E-state index in [1.165, 1.54) is 6.07 Å². The predicted molar refractivity (Wildman–Crippen MR) is 117 cm³/mol. The maximum absolute atomic E-state index is 13.7. The Balaban J connectivity index is 1.47. The molecule has 1 N–H and O–H groups in total. The number of benzene rings is 2. The number of carbonyl (C=O) groups excluding carboxylic acids is 1. The Labute approximate surface area is 180 Å². The molecule has 6 heteroatoms. The summed E-state index contributed by atoms with van der Waals surface area (Å²) in [6.07, 6.45) is 3.54. The largest absolute Gasteiger partial charge is 0.352 e. The van der Waals surface area contributed by atoms with Crippen LogP contribution in [-0.4, -0.2) is 20.9 Å². The van der Waals surface area contributed by atoms with Crippen LogP contribution < -0.4 is 5.32 Å².